The van der Waals surface area contributed by atoms with Gasteiger partial charge in [-0.2, -0.15) is 0 Å². The lowest BCUT2D eigenvalue weighted by atomic mass is 10.0. The molecule has 0 spiro atoms. The van der Waals surface area contributed by atoms with Crippen molar-refractivity contribution in [1.29, 1.82) is 0 Å². The first-order valence-electron chi connectivity index (χ1n) is 11.5. The molecule has 4 rings (SSSR count). The van der Waals surface area contributed by atoms with Crippen LogP contribution in [0.25, 0.3) is 10.9 Å². The van der Waals surface area contributed by atoms with E-state index in [0.29, 0.717) is 22.5 Å². The second-order valence-corrected chi connectivity index (χ2v) is 9.12. The van der Waals surface area contributed by atoms with Gasteiger partial charge in [-0.25, -0.2) is 23.1 Å². The summed E-state index contributed by atoms with van der Waals surface area (Å²) in [6.45, 7) is 9.60. The molecule has 2 heterocycles. The van der Waals surface area contributed by atoms with E-state index in [2.05, 4.69) is 29.1 Å². The molecule has 1 fully saturated rings. The zero-order valence-corrected chi connectivity index (χ0v) is 20.0. The van der Waals surface area contributed by atoms with Crippen LogP contribution in [0.3, 0.4) is 0 Å². The first-order chi connectivity index (χ1) is 16.1. The van der Waals surface area contributed by atoms with Gasteiger partial charge in [0.2, 0.25) is 5.75 Å². The van der Waals surface area contributed by atoms with Gasteiger partial charge < -0.3 is 14.6 Å². The fourth-order valence-electron chi connectivity index (χ4n) is 4.57. The topological polar surface area (TPSA) is 69.0 Å². The van der Waals surface area contributed by atoms with E-state index in [9.17, 15) is 18.0 Å². The molecule has 1 aliphatic carbocycles. The highest BCUT2D eigenvalue weighted by atomic mass is 19.3. The van der Waals surface area contributed by atoms with Crippen molar-refractivity contribution in [2.24, 2.45) is 5.92 Å². The van der Waals surface area contributed by atoms with Gasteiger partial charge in [0.1, 0.15) is 23.0 Å². The van der Waals surface area contributed by atoms with Crippen molar-refractivity contribution in [1.82, 2.24) is 14.5 Å². The molecule has 0 aliphatic heterocycles. The summed E-state index contributed by atoms with van der Waals surface area (Å²) in [4.78, 5) is 22.4. The van der Waals surface area contributed by atoms with Crippen molar-refractivity contribution >= 4 is 16.7 Å². The molecular formula is C25H29F3N4O2. The molecule has 1 N–H and O–H groups in total. The van der Waals surface area contributed by atoms with Crippen LogP contribution < -0.4 is 15.6 Å². The molecule has 1 atom stereocenters. The molecule has 0 unspecified atom stereocenters. The van der Waals surface area contributed by atoms with Crippen LogP contribution in [0.2, 0.25) is 0 Å². The summed E-state index contributed by atoms with van der Waals surface area (Å²) in [6, 6.07) is 3.28. The molecular weight excluding hydrogens is 445 g/mol. The number of nitrogens with zero attached hydrogens (tertiary/aromatic N) is 3. The number of hydrogen-bond acceptors (Lipinski definition) is 5. The Hall–Kier alpha value is -3.10. The monoisotopic (exact) mass is 474 g/mol. The minimum absolute atomic E-state index is 0.0985. The molecule has 2 aromatic heterocycles. The van der Waals surface area contributed by atoms with E-state index in [1.807, 2.05) is 0 Å². The highest BCUT2D eigenvalue weighted by Crippen LogP contribution is 2.49. The average molecular weight is 475 g/mol. The minimum atomic E-state index is -2.91. The molecule has 182 valence electrons. The van der Waals surface area contributed by atoms with Crippen LogP contribution in [0.15, 0.2) is 29.2 Å². The molecule has 6 nitrogen and oxygen atoms in total. The van der Waals surface area contributed by atoms with E-state index in [1.54, 1.807) is 31.5 Å². The van der Waals surface area contributed by atoms with Crippen LogP contribution in [-0.2, 0) is 5.54 Å². The summed E-state index contributed by atoms with van der Waals surface area (Å²) in [5.41, 5.74) is -0.723. The molecule has 0 saturated heterocycles. The molecule has 1 aliphatic rings. The largest absolute Gasteiger partial charge is 0.487 e. The van der Waals surface area contributed by atoms with Gasteiger partial charge in [-0.05, 0) is 39.5 Å². The number of benzene rings is 1. The maximum atomic E-state index is 14.8. The van der Waals surface area contributed by atoms with Gasteiger partial charge in [-0.3, -0.25) is 4.79 Å². The highest BCUT2D eigenvalue weighted by molar-refractivity contribution is 5.92. The van der Waals surface area contributed by atoms with E-state index in [0.717, 1.165) is 18.9 Å². The van der Waals surface area contributed by atoms with Crippen molar-refractivity contribution in [3.63, 3.8) is 0 Å². The Morgan fingerprint density at radius 3 is 2.44 bits per heavy atom. The molecule has 1 saturated carbocycles. The molecule has 0 radical (unpaired) electrons. The normalized spacial score (nSPS) is 15.7. The Morgan fingerprint density at radius 2 is 1.85 bits per heavy atom. The van der Waals surface area contributed by atoms with Crippen molar-refractivity contribution in [2.45, 2.75) is 65.5 Å². The van der Waals surface area contributed by atoms with E-state index in [1.165, 1.54) is 12.1 Å². The average Bonchev–Trinajstić information content (AvgIpc) is 3.57. The summed E-state index contributed by atoms with van der Waals surface area (Å²) < 4.78 is 48.7. The summed E-state index contributed by atoms with van der Waals surface area (Å²) in [7, 11) is 0. The van der Waals surface area contributed by atoms with Gasteiger partial charge in [0.05, 0.1) is 29.1 Å². The van der Waals surface area contributed by atoms with E-state index < -0.39 is 23.8 Å². The summed E-state index contributed by atoms with van der Waals surface area (Å²) >= 11 is 0. The molecule has 0 amide bonds. The van der Waals surface area contributed by atoms with E-state index in [4.69, 9.17) is 4.74 Å². The number of ether oxygens (including phenoxy) is 1. The van der Waals surface area contributed by atoms with E-state index in [-0.39, 0.29) is 34.9 Å². The van der Waals surface area contributed by atoms with Gasteiger partial charge in [-0.1, -0.05) is 32.0 Å². The number of fused-ring (bicyclic) bond motifs is 1. The van der Waals surface area contributed by atoms with E-state index >= 15 is 0 Å². The quantitative estimate of drug-likeness (QED) is 0.441. The Balaban J connectivity index is 1.88. The first kappa shape index (κ1) is 24.0. The van der Waals surface area contributed by atoms with Crippen molar-refractivity contribution in [3.8, 4) is 5.75 Å². The van der Waals surface area contributed by atoms with Gasteiger partial charge in [0.25, 0.3) is 12.0 Å². The molecule has 9 heteroatoms. The highest BCUT2D eigenvalue weighted by Gasteiger charge is 2.48. The first-order valence-corrected chi connectivity index (χ1v) is 11.5. The van der Waals surface area contributed by atoms with Gasteiger partial charge in [0.15, 0.2) is 0 Å². The Labute approximate surface area is 196 Å². The number of hydrogen-bond donors (Lipinski definition) is 1. The number of alkyl halides is 2. The number of nitrogens with one attached hydrogen (secondary N) is 1. The van der Waals surface area contributed by atoms with Gasteiger partial charge >= 0.3 is 0 Å². The van der Waals surface area contributed by atoms with Crippen molar-refractivity contribution in [2.75, 3.05) is 11.9 Å². The third-order valence-corrected chi connectivity index (χ3v) is 6.66. The zero-order valence-electron chi connectivity index (χ0n) is 20.0. The van der Waals surface area contributed by atoms with Crippen LogP contribution >= 0.6 is 0 Å². The predicted molar refractivity (Wildman–Crippen MR) is 125 cm³/mol. The van der Waals surface area contributed by atoms with Crippen LogP contribution in [0.5, 0.6) is 5.75 Å². The molecule has 34 heavy (non-hydrogen) atoms. The number of halogens is 3. The third kappa shape index (κ3) is 4.01. The van der Waals surface area contributed by atoms with Gasteiger partial charge in [-0.15, -0.1) is 0 Å². The smallest absolute Gasteiger partial charge is 0.295 e. The Morgan fingerprint density at radius 1 is 1.18 bits per heavy atom. The number of pyridine rings is 1. The molecule has 3 aromatic rings. The zero-order chi connectivity index (χ0) is 24.8. The number of aryl methyl sites for hydroxylation is 1. The third-order valence-electron chi connectivity index (χ3n) is 6.66. The number of aromatic nitrogens is 3. The Bertz CT molecular complexity index is 1290. The predicted octanol–water partition coefficient (Wildman–Crippen LogP) is 5.89. The molecule has 1 aromatic carbocycles. The summed E-state index contributed by atoms with van der Waals surface area (Å²) in [5, 5.41) is 3.71. The maximum Gasteiger partial charge on any atom is 0.295 e. The van der Waals surface area contributed by atoms with Crippen LogP contribution in [0.4, 0.5) is 19.0 Å². The van der Waals surface area contributed by atoms with Crippen LogP contribution in [0, 0.1) is 18.7 Å². The summed E-state index contributed by atoms with van der Waals surface area (Å²) in [5.74, 6) is 0.207. The fraction of sp³-hybridized carbons (Fsp3) is 0.480. The summed E-state index contributed by atoms with van der Waals surface area (Å²) in [6.07, 6.45) is 0.578. The van der Waals surface area contributed by atoms with Crippen molar-refractivity contribution in [3.05, 3.63) is 57.5 Å². The lowest BCUT2D eigenvalue weighted by Gasteiger charge is -2.25. The molecule has 0 bridgehead atoms. The number of rotatable bonds is 8. The lowest BCUT2D eigenvalue weighted by Crippen LogP contribution is -2.34. The van der Waals surface area contributed by atoms with Crippen LogP contribution in [0.1, 0.15) is 70.0 Å². The second kappa shape index (κ2) is 8.92. The fourth-order valence-corrected chi connectivity index (χ4v) is 4.57. The number of anilines is 1. The van der Waals surface area contributed by atoms with Gasteiger partial charge in [0, 0.05) is 11.8 Å². The van der Waals surface area contributed by atoms with Crippen molar-refractivity contribution < 1.29 is 17.9 Å². The lowest BCUT2D eigenvalue weighted by molar-refractivity contribution is 0.146. The van der Waals surface area contributed by atoms with Crippen LogP contribution in [-0.4, -0.2) is 21.1 Å². The Kier molecular flexibility index (Phi) is 6.31. The second-order valence-electron chi connectivity index (χ2n) is 9.12. The maximum absolute atomic E-state index is 14.8. The standard InChI is InChI=1S/C25H29F3N4O2/c1-6-34-21-20-18(12-32(24(21)33)25(10-11-25)13(2)3)23(31-15(5)30-20)29-14(4)16-8-7-9-17(19(16)26)22(27)28/h7-9,12-14,22H,6,10-11H2,1-5H3,(H,29,30,31)/t14-/m1/s1. The SMILES string of the molecule is CCOc1c(=O)n(C2(C(C)C)CC2)cc2c(N[C@H](C)c3cccc(C(F)F)c3F)nc(C)nc12. The minimum Gasteiger partial charge on any atom is -0.487 e.